The largest absolute Gasteiger partial charge is 0.394 e. The zero-order valence-corrected chi connectivity index (χ0v) is 44.8. The Hall–Kier alpha value is -5.43. The number of hydrogen-bond acceptors (Lipinski definition) is 25. The summed E-state index contributed by atoms with van der Waals surface area (Å²) in [5.41, 5.74) is -2.25. The number of nitrogens with one attached hydrogen (secondary N) is 6. The highest BCUT2D eigenvalue weighted by molar-refractivity contribution is 5.85. The summed E-state index contributed by atoms with van der Waals surface area (Å²) in [4.78, 5) is 84.7. The van der Waals surface area contributed by atoms with Crippen LogP contribution in [0.3, 0.4) is 0 Å². The molecule has 1 aromatic rings. The minimum Gasteiger partial charge on any atom is -0.394 e. The van der Waals surface area contributed by atoms with Crippen LogP contribution in [0.5, 0.6) is 0 Å². The summed E-state index contributed by atoms with van der Waals surface area (Å²) in [5.74, 6) is -2.41. The average molecular weight is 1140 g/mol. The predicted molar refractivity (Wildman–Crippen MR) is 276 cm³/mol. The molecule has 0 fully saturated rings. The van der Waals surface area contributed by atoms with Crippen molar-refractivity contribution < 1.29 is 106 Å². The van der Waals surface area contributed by atoms with Crippen LogP contribution in [0.4, 0.5) is 17.1 Å². The van der Waals surface area contributed by atoms with Gasteiger partial charge < -0.3 is 104 Å². The smallest absolute Gasteiger partial charge is 0.299 e. The lowest BCUT2D eigenvalue weighted by molar-refractivity contribution is -0.393. The number of ether oxygens (including phenoxy) is 12. The molecular weight excluding hydrogens is 1060 g/mol. The van der Waals surface area contributed by atoms with E-state index in [4.69, 9.17) is 72.2 Å². The molecule has 0 atom stereocenters. The third-order valence-electron chi connectivity index (χ3n) is 9.86. The molecule has 32 nitrogen and oxygen atoms in total. The number of amides is 5. The molecule has 9 N–H and O–H groups in total. The van der Waals surface area contributed by atoms with E-state index in [-0.39, 0.29) is 241 Å². The average Bonchev–Trinajstić information content (AvgIpc) is 3.43. The maximum Gasteiger partial charge on any atom is 0.299 e. The topological polar surface area (TPSA) is 415 Å². The summed E-state index contributed by atoms with van der Waals surface area (Å²) in [6, 6.07) is 3.25. The van der Waals surface area contributed by atoms with Gasteiger partial charge in [0.25, 0.3) is 11.4 Å². The number of carbonyl (C=O) groups is 5. The number of nitro groups is 2. The van der Waals surface area contributed by atoms with E-state index in [0.29, 0.717) is 0 Å². The lowest BCUT2D eigenvalue weighted by atomic mass is 10.0. The Morgan fingerprint density at radius 1 is 0.430 bits per heavy atom. The van der Waals surface area contributed by atoms with E-state index in [1.807, 2.05) is 0 Å². The Bertz CT molecular complexity index is 1710. The van der Waals surface area contributed by atoms with Gasteiger partial charge in [-0.2, -0.15) is 0 Å². The van der Waals surface area contributed by atoms with Gasteiger partial charge in [0.1, 0.15) is 17.8 Å². The molecule has 0 aliphatic rings. The van der Waals surface area contributed by atoms with Crippen LogP contribution in [0.1, 0.15) is 19.3 Å². The van der Waals surface area contributed by atoms with E-state index in [0.717, 1.165) is 12.1 Å². The summed E-state index contributed by atoms with van der Waals surface area (Å²) in [5, 5.41) is 64.8. The van der Waals surface area contributed by atoms with E-state index in [1.54, 1.807) is 0 Å². The van der Waals surface area contributed by atoms with Gasteiger partial charge >= 0.3 is 0 Å². The fourth-order valence-electron chi connectivity index (χ4n) is 6.11. The van der Waals surface area contributed by atoms with E-state index in [9.17, 15) is 44.2 Å². The van der Waals surface area contributed by atoms with E-state index >= 15 is 0 Å². The third-order valence-corrected chi connectivity index (χ3v) is 9.86. The molecular formula is C47H82N8O24. The first kappa shape index (κ1) is 71.6. The Kier molecular flexibility index (Phi) is 44.9. The van der Waals surface area contributed by atoms with Crippen molar-refractivity contribution in [2.75, 3.05) is 216 Å². The summed E-state index contributed by atoms with van der Waals surface area (Å²) in [6.07, 6.45) is -0.247. The van der Waals surface area contributed by atoms with Crippen molar-refractivity contribution in [2.24, 2.45) is 0 Å². The molecule has 5 amide bonds. The molecule has 0 aliphatic carbocycles. The van der Waals surface area contributed by atoms with Crippen LogP contribution in [0.25, 0.3) is 0 Å². The van der Waals surface area contributed by atoms with Crippen LogP contribution in [0.2, 0.25) is 0 Å². The summed E-state index contributed by atoms with van der Waals surface area (Å²) in [6.45, 7) is 1.72. The van der Waals surface area contributed by atoms with Gasteiger partial charge in [-0.25, -0.2) is 0 Å². The minimum atomic E-state index is -1.49. The van der Waals surface area contributed by atoms with Crippen molar-refractivity contribution in [1.82, 2.24) is 26.6 Å². The Morgan fingerprint density at radius 3 is 1.20 bits per heavy atom. The van der Waals surface area contributed by atoms with E-state index < -0.39 is 51.7 Å². The molecule has 0 bridgehead atoms. The van der Waals surface area contributed by atoms with Gasteiger partial charge in [-0.05, 0) is 6.07 Å². The molecule has 0 unspecified atom stereocenters. The number of aliphatic hydroxyl groups is 3. The van der Waals surface area contributed by atoms with Gasteiger partial charge in [0.05, 0.1) is 194 Å². The zero-order chi connectivity index (χ0) is 57.9. The molecule has 0 spiro atoms. The number of non-ortho nitro benzene ring substituents is 1. The first-order valence-electron chi connectivity index (χ1n) is 25.7. The predicted octanol–water partition coefficient (Wildman–Crippen LogP) is -3.42. The quantitative estimate of drug-likeness (QED) is 0.0174. The Morgan fingerprint density at radius 2 is 0.810 bits per heavy atom. The summed E-state index contributed by atoms with van der Waals surface area (Å²) < 4.78 is 65.5. The van der Waals surface area contributed by atoms with E-state index in [2.05, 4.69) is 31.9 Å². The first-order valence-corrected chi connectivity index (χ1v) is 25.7. The number of anilines is 1. The molecule has 1 aromatic carbocycles. The van der Waals surface area contributed by atoms with Crippen molar-refractivity contribution in [3.63, 3.8) is 0 Å². The second-order valence-electron chi connectivity index (χ2n) is 16.3. The van der Waals surface area contributed by atoms with E-state index in [1.165, 1.54) is 6.07 Å². The Labute approximate surface area is 458 Å². The SMILES string of the molecule is O=C(CCOCC(COCCC(=O)NCCOCCOCCO)(COCCC(=O)NCCOCCOCCO)NC(=O)CNC(=O)COCCOCCOCCNc1ccc([N+](=O)[O-])cc1[N+](=O)[O-])NCCOCCOCCO. The number of benzene rings is 1. The number of nitrogens with zero attached hydrogens (tertiary/aromatic N) is 2. The fraction of sp³-hybridized carbons (Fsp3) is 0.766. The van der Waals surface area contributed by atoms with Crippen LogP contribution >= 0.6 is 0 Å². The summed E-state index contributed by atoms with van der Waals surface area (Å²) in [7, 11) is 0. The standard InChI is InChI=1S/C47H82N8O24/c56-10-20-72-27-23-69-17-7-49-42(59)3-13-77-36-47(37-78-14-4-43(60)50-8-18-70-24-28-73-21-11-57,38-79-15-5-44(61)51-9-19-71-25-29-74-22-12-58)53-45(62)34-52-46(63)35-76-32-31-75-30-26-68-16-6-48-40-2-1-39(54(64)65)33-41(40)55(66)67/h1-2,33,48,56-58H,3-32,34-38H2,(H,49,59)(H,50,60)(H,51,61)(H,52,63)(H,53,62). The van der Waals surface area contributed by atoms with Gasteiger partial charge in [0, 0.05) is 51.5 Å². The third kappa shape index (κ3) is 41.3. The van der Waals surface area contributed by atoms with Gasteiger partial charge in [0.15, 0.2) is 0 Å². The van der Waals surface area contributed by atoms with Crippen molar-refractivity contribution in [2.45, 2.75) is 24.8 Å². The van der Waals surface area contributed by atoms with Gasteiger partial charge in [-0.3, -0.25) is 44.2 Å². The highest BCUT2D eigenvalue weighted by Crippen LogP contribution is 2.28. The maximum atomic E-state index is 13.5. The van der Waals surface area contributed by atoms with Crippen LogP contribution in [-0.4, -0.2) is 271 Å². The molecule has 0 aliphatic heterocycles. The maximum absolute atomic E-state index is 13.5. The number of carbonyl (C=O) groups excluding carboxylic acids is 5. The zero-order valence-electron chi connectivity index (χ0n) is 44.8. The number of rotatable bonds is 56. The molecule has 1 rings (SSSR count). The lowest BCUT2D eigenvalue weighted by Crippen LogP contribution is -2.60. The normalized spacial score (nSPS) is 11.3. The monoisotopic (exact) mass is 1140 g/mol. The molecule has 454 valence electrons. The van der Waals surface area contributed by atoms with Crippen LogP contribution in [-0.2, 0) is 80.8 Å². The number of hydrogen-bond donors (Lipinski definition) is 9. The second kappa shape index (κ2) is 49.6. The second-order valence-corrected chi connectivity index (χ2v) is 16.3. The van der Waals surface area contributed by atoms with Crippen molar-refractivity contribution in [1.29, 1.82) is 0 Å². The van der Waals surface area contributed by atoms with Gasteiger partial charge in [0.2, 0.25) is 29.5 Å². The lowest BCUT2D eigenvalue weighted by Gasteiger charge is -2.34. The first-order chi connectivity index (χ1) is 38.4. The fourth-order valence-corrected chi connectivity index (χ4v) is 6.11. The highest BCUT2D eigenvalue weighted by atomic mass is 16.6. The van der Waals surface area contributed by atoms with Gasteiger partial charge in [-0.15, -0.1) is 0 Å². The summed E-state index contributed by atoms with van der Waals surface area (Å²) >= 11 is 0. The molecule has 79 heavy (non-hydrogen) atoms. The van der Waals surface area contributed by atoms with Crippen LogP contribution in [0, 0.1) is 20.2 Å². The molecule has 0 radical (unpaired) electrons. The molecule has 0 aromatic heterocycles. The van der Waals surface area contributed by atoms with Gasteiger partial charge in [-0.1, -0.05) is 0 Å². The van der Waals surface area contributed by atoms with Crippen molar-refractivity contribution in [3.8, 4) is 0 Å². The molecule has 0 saturated carbocycles. The Balaban J connectivity index is 2.81. The molecule has 0 saturated heterocycles. The van der Waals surface area contributed by atoms with Crippen molar-refractivity contribution in [3.05, 3.63) is 38.4 Å². The van der Waals surface area contributed by atoms with Crippen molar-refractivity contribution >= 4 is 46.6 Å². The highest BCUT2D eigenvalue weighted by Gasteiger charge is 2.34. The molecule has 32 heteroatoms. The number of nitro benzene ring substituents is 2. The minimum absolute atomic E-state index is 0.00811. The number of aliphatic hydroxyl groups excluding tert-OH is 3. The van der Waals surface area contributed by atoms with Crippen LogP contribution in [0.15, 0.2) is 18.2 Å². The molecule has 0 heterocycles. The van der Waals surface area contributed by atoms with Crippen LogP contribution < -0.4 is 31.9 Å².